The summed E-state index contributed by atoms with van der Waals surface area (Å²) in [4.78, 5) is 0. The maximum atomic E-state index is 6.07. The second-order valence-electron chi connectivity index (χ2n) is 8.06. The smallest absolute Gasteiger partial charge is 0.248 e. The fourth-order valence-electron chi connectivity index (χ4n) is 4.40. The molecule has 0 amide bonds. The summed E-state index contributed by atoms with van der Waals surface area (Å²) in [7, 11) is 3.71. The molecule has 0 saturated heterocycles. The fraction of sp³-hybridized carbons (Fsp3) is 0.292. The van der Waals surface area contributed by atoms with Gasteiger partial charge in [-0.15, -0.1) is 5.10 Å². The van der Waals surface area contributed by atoms with Crippen LogP contribution in [0.25, 0.3) is 5.69 Å². The van der Waals surface area contributed by atoms with Gasteiger partial charge >= 0.3 is 0 Å². The second kappa shape index (κ2) is 8.19. The lowest BCUT2D eigenvalue weighted by Crippen LogP contribution is -2.23. The molecule has 0 saturated carbocycles. The van der Waals surface area contributed by atoms with E-state index in [-0.39, 0.29) is 6.04 Å². The lowest BCUT2D eigenvalue weighted by atomic mass is 9.95. The van der Waals surface area contributed by atoms with Crippen LogP contribution in [0.2, 0.25) is 5.02 Å². The molecule has 1 aliphatic heterocycles. The Hall–Kier alpha value is -3.12. The van der Waals surface area contributed by atoms with Crippen LogP contribution in [0.15, 0.2) is 61.2 Å². The predicted molar refractivity (Wildman–Crippen MR) is 119 cm³/mol. The molecule has 0 bridgehead atoms. The first-order chi connectivity index (χ1) is 15.1. The van der Waals surface area contributed by atoms with Gasteiger partial charge < -0.3 is 4.74 Å². The largest absolute Gasteiger partial charge is 0.492 e. The molecule has 1 atom stereocenters. The number of hydrogen-bond donors (Lipinski definition) is 0. The van der Waals surface area contributed by atoms with Gasteiger partial charge in [-0.1, -0.05) is 35.0 Å². The van der Waals surface area contributed by atoms with Crippen molar-refractivity contribution in [2.24, 2.45) is 7.05 Å². The maximum absolute atomic E-state index is 6.07. The first-order valence-corrected chi connectivity index (χ1v) is 10.9. The zero-order valence-corrected chi connectivity index (χ0v) is 18.5. The molecular weight excluding hydrogens is 410 g/mol. The van der Waals surface area contributed by atoms with Crippen LogP contribution in [-0.2, 0) is 19.9 Å². The highest BCUT2D eigenvalue weighted by molar-refractivity contribution is 6.30. The first kappa shape index (κ1) is 19.8. The third-order valence-corrected chi connectivity index (χ3v) is 6.23. The van der Waals surface area contributed by atoms with Crippen molar-refractivity contribution in [1.29, 1.82) is 0 Å². The number of halogens is 1. The highest BCUT2D eigenvalue weighted by atomic mass is 35.5. The summed E-state index contributed by atoms with van der Waals surface area (Å²) in [5.74, 6) is 0.841. The van der Waals surface area contributed by atoms with E-state index < -0.39 is 0 Å². The van der Waals surface area contributed by atoms with Gasteiger partial charge in [-0.2, -0.15) is 4.57 Å². The summed E-state index contributed by atoms with van der Waals surface area (Å²) in [6.45, 7) is 0. The molecule has 1 unspecified atom stereocenters. The average Bonchev–Trinajstić information content (AvgIpc) is 3.40. The number of aryl methyl sites for hydroxylation is 1. The van der Waals surface area contributed by atoms with Gasteiger partial charge in [0.15, 0.2) is 11.4 Å². The Morgan fingerprint density at radius 1 is 1.19 bits per heavy atom. The highest BCUT2D eigenvalue weighted by Crippen LogP contribution is 2.32. The number of benzene rings is 2. The van der Waals surface area contributed by atoms with Crippen LogP contribution >= 0.6 is 11.6 Å². The van der Waals surface area contributed by atoms with E-state index in [1.54, 1.807) is 7.11 Å². The Bertz CT molecular complexity index is 1210. The molecule has 0 spiro atoms. The van der Waals surface area contributed by atoms with Gasteiger partial charge in [-0.05, 0) is 54.7 Å². The number of ether oxygens (including phenoxy) is 1. The summed E-state index contributed by atoms with van der Waals surface area (Å²) in [6, 6.07) is 14.6. The Morgan fingerprint density at radius 3 is 2.77 bits per heavy atom. The van der Waals surface area contributed by atoms with E-state index in [4.69, 9.17) is 16.3 Å². The first-order valence-electron chi connectivity index (χ1n) is 10.5. The van der Waals surface area contributed by atoms with Gasteiger partial charge in [0.2, 0.25) is 6.33 Å². The van der Waals surface area contributed by atoms with Crippen molar-refractivity contribution >= 4 is 11.6 Å². The van der Waals surface area contributed by atoms with E-state index in [9.17, 15) is 0 Å². The Labute approximate surface area is 186 Å². The standard InChI is InChI=1S/C24H25ClN5O/c1-28-12-13-29(16-28)23-11-6-17(15-24(23)31-2)14-20-22-5-3-4-21(30(22)27-26-20)18-7-9-19(25)10-8-18/h6-13,15-16,21H,3-5,14H2,1-2H3/q+1. The van der Waals surface area contributed by atoms with Crippen LogP contribution < -0.4 is 9.30 Å². The molecule has 6 nitrogen and oxygen atoms in total. The summed E-state index contributed by atoms with van der Waals surface area (Å²) in [5, 5.41) is 9.86. The van der Waals surface area contributed by atoms with Gasteiger partial charge in [0, 0.05) is 11.4 Å². The Balaban J connectivity index is 1.43. The van der Waals surface area contributed by atoms with Crippen molar-refractivity contribution in [3.05, 3.63) is 88.7 Å². The fourth-order valence-corrected chi connectivity index (χ4v) is 4.53. The lowest BCUT2D eigenvalue weighted by Gasteiger charge is -2.24. The predicted octanol–water partition coefficient (Wildman–Crippen LogP) is 4.07. The summed E-state index contributed by atoms with van der Waals surface area (Å²) in [5.41, 5.74) is 5.67. The maximum Gasteiger partial charge on any atom is 0.248 e. The molecule has 31 heavy (non-hydrogen) atoms. The molecule has 0 N–H and O–H groups in total. The van der Waals surface area contributed by atoms with Gasteiger partial charge in [0.25, 0.3) is 0 Å². The molecular formula is C24H25ClN5O+. The highest BCUT2D eigenvalue weighted by Gasteiger charge is 2.26. The third-order valence-electron chi connectivity index (χ3n) is 5.98. The van der Waals surface area contributed by atoms with Crippen LogP contribution in [0.5, 0.6) is 5.75 Å². The van der Waals surface area contributed by atoms with Crippen molar-refractivity contribution < 1.29 is 9.30 Å². The van der Waals surface area contributed by atoms with Crippen molar-refractivity contribution in [3.63, 3.8) is 0 Å². The quantitative estimate of drug-likeness (QED) is 0.445. The van der Waals surface area contributed by atoms with Crippen molar-refractivity contribution in [1.82, 2.24) is 19.6 Å². The van der Waals surface area contributed by atoms with Crippen LogP contribution in [-0.4, -0.2) is 26.7 Å². The minimum atomic E-state index is 0.216. The monoisotopic (exact) mass is 434 g/mol. The molecule has 5 rings (SSSR count). The SMILES string of the molecule is COc1cc(Cc2nnn3c2CCCC3c2ccc(Cl)cc2)ccc1-n1cc[n+](C)c1. The number of nitrogens with zero attached hydrogens (tertiary/aromatic N) is 5. The number of methoxy groups -OCH3 is 1. The Morgan fingerprint density at radius 2 is 2.03 bits per heavy atom. The van der Waals surface area contributed by atoms with E-state index in [0.717, 1.165) is 53.4 Å². The Kier molecular flexibility index (Phi) is 5.24. The minimum Gasteiger partial charge on any atom is -0.492 e. The van der Waals surface area contributed by atoms with E-state index >= 15 is 0 Å². The van der Waals surface area contributed by atoms with Gasteiger partial charge in [0.1, 0.15) is 12.4 Å². The summed E-state index contributed by atoms with van der Waals surface area (Å²) in [6.07, 6.45) is 9.97. The number of fused-ring (bicyclic) bond motifs is 1. The molecule has 1 aliphatic rings. The van der Waals surface area contributed by atoms with Crippen LogP contribution in [0.1, 0.15) is 41.4 Å². The van der Waals surface area contributed by atoms with E-state index in [2.05, 4.69) is 49.9 Å². The molecule has 4 aromatic rings. The minimum absolute atomic E-state index is 0.216. The van der Waals surface area contributed by atoms with Crippen molar-refractivity contribution in [2.75, 3.05) is 7.11 Å². The molecule has 7 heteroatoms. The van der Waals surface area contributed by atoms with E-state index in [0.29, 0.717) is 0 Å². The number of hydrogen-bond acceptors (Lipinski definition) is 3. The lowest BCUT2D eigenvalue weighted by molar-refractivity contribution is -0.670. The zero-order valence-electron chi connectivity index (χ0n) is 17.7. The molecule has 3 heterocycles. The van der Waals surface area contributed by atoms with Crippen molar-refractivity contribution in [3.8, 4) is 11.4 Å². The third kappa shape index (κ3) is 3.83. The molecule has 0 fully saturated rings. The number of aromatic nitrogens is 5. The van der Waals surface area contributed by atoms with Gasteiger partial charge in [-0.3, -0.25) is 0 Å². The number of imidazole rings is 1. The van der Waals surface area contributed by atoms with Crippen LogP contribution in [0.3, 0.4) is 0 Å². The molecule has 158 valence electrons. The zero-order chi connectivity index (χ0) is 21.4. The van der Waals surface area contributed by atoms with Crippen molar-refractivity contribution in [2.45, 2.75) is 31.7 Å². The molecule has 2 aromatic heterocycles. The summed E-state index contributed by atoms with van der Waals surface area (Å²) >= 11 is 6.07. The molecule has 0 radical (unpaired) electrons. The topological polar surface area (TPSA) is 48.8 Å². The normalized spacial score (nSPS) is 15.6. The van der Waals surface area contributed by atoms with E-state index in [1.807, 2.05) is 42.5 Å². The van der Waals surface area contributed by atoms with Crippen LogP contribution in [0, 0.1) is 0 Å². The van der Waals surface area contributed by atoms with E-state index in [1.165, 1.54) is 11.3 Å². The second-order valence-corrected chi connectivity index (χ2v) is 8.49. The molecule has 0 aliphatic carbocycles. The molecule has 2 aromatic carbocycles. The number of rotatable bonds is 5. The van der Waals surface area contributed by atoms with Gasteiger partial charge in [0.05, 0.1) is 31.6 Å². The summed E-state index contributed by atoms with van der Waals surface area (Å²) < 4.78 is 11.9. The van der Waals surface area contributed by atoms with Gasteiger partial charge in [-0.25, -0.2) is 9.25 Å². The average molecular weight is 435 g/mol. The van der Waals surface area contributed by atoms with Crippen LogP contribution in [0.4, 0.5) is 0 Å².